The summed E-state index contributed by atoms with van der Waals surface area (Å²) in [6.07, 6.45) is -0.422. The molecule has 1 N–H and O–H groups in total. The summed E-state index contributed by atoms with van der Waals surface area (Å²) in [5.74, 6) is 0. The molecule has 1 heterocycles. The lowest BCUT2D eigenvalue weighted by molar-refractivity contribution is 0.141. The Morgan fingerprint density at radius 3 is 2.64 bits per heavy atom. The van der Waals surface area contributed by atoms with Gasteiger partial charge in [0.2, 0.25) is 0 Å². The molecule has 3 heteroatoms. The van der Waals surface area contributed by atoms with Gasteiger partial charge in [0.15, 0.2) is 0 Å². The van der Waals surface area contributed by atoms with Crippen molar-refractivity contribution >= 4 is 6.09 Å². The van der Waals surface area contributed by atoms with Gasteiger partial charge in [0.1, 0.15) is 6.10 Å². The largest absolute Gasteiger partial charge is 0.444 e. The van der Waals surface area contributed by atoms with E-state index in [0.717, 1.165) is 5.56 Å². The Morgan fingerprint density at radius 1 is 1.36 bits per heavy atom. The second-order valence-electron chi connectivity index (χ2n) is 3.59. The molecule has 2 rings (SSSR count). The topological polar surface area (TPSA) is 38.3 Å². The highest BCUT2D eigenvalue weighted by Crippen LogP contribution is 2.26. The number of aryl methyl sites for hydroxylation is 1. The van der Waals surface area contributed by atoms with E-state index in [0.29, 0.717) is 0 Å². The van der Waals surface area contributed by atoms with E-state index in [9.17, 15) is 4.79 Å². The van der Waals surface area contributed by atoms with Gasteiger partial charge in [-0.1, -0.05) is 24.3 Å². The second-order valence-corrected chi connectivity index (χ2v) is 3.59. The fourth-order valence-electron chi connectivity index (χ4n) is 1.78. The molecule has 1 aliphatic rings. The average Bonchev–Trinajstić information content (AvgIpc) is 2.46. The van der Waals surface area contributed by atoms with Crippen molar-refractivity contribution < 1.29 is 9.53 Å². The molecule has 0 bridgehead atoms. The lowest BCUT2D eigenvalue weighted by Crippen LogP contribution is -2.21. The average molecular weight is 191 g/mol. The summed E-state index contributed by atoms with van der Waals surface area (Å²) in [5.41, 5.74) is 2.31. The van der Waals surface area contributed by atoms with E-state index < -0.39 is 0 Å². The zero-order valence-corrected chi connectivity index (χ0v) is 8.28. The standard InChI is InChI=1S/C11H13NO2/c1-7-5-3-4-6-9(7)10-8(2)14-11(13)12-10/h3-6,8,10H,1-2H3,(H,12,13). The SMILES string of the molecule is Cc1ccccc1C1NC(=O)OC1C. The van der Waals surface area contributed by atoms with E-state index in [-0.39, 0.29) is 18.2 Å². The normalized spacial score (nSPS) is 25.7. The first-order valence-electron chi connectivity index (χ1n) is 4.71. The van der Waals surface area contributed by atoms with Crippen LogP contribution < -0.4 is 5.32 Å². The van der Waals surface area contributed by atoms with E-state index in [2.05, 4.69) is 5.32 Å². The van der Waals surface area contributed by atoms with Crippen molar-refractivity contribution in [2.45, 2.75) is 26.0 Å². The van der Waals surface area contributed by atoms with Gasteiger partial charge in [-0.05, 0) is 25.0 Å². The third kappa shape index (κ3) is 1.45. The highest BCUT2D eigenvalue weighted by Gasteiger charge is 2.32. The van der Waals surface area contributed by atoms with Crippen LogP contribution in [-0.2, 0) is 4.74 Å². The molecular weight excluding hydrogens is 178 g/mol. The lowest BCUT2D eigenvalue weighted by Gasteiger charge is -2.15. The number of ether oxygens (including phenoxy) is 1. The lowest BCUT2D eigenvalue weighted by atomic mass is 9.98. The second kappa shape index (κ2) is 3.33. The molecule has 2 atom stereocenters. The van der Waals surface area contributed by atoms with E-state index >= 15 is 0 Å². The van der Waals surface area contributed by atoms with Crippen molar-refractivity contribution in [3.63, 3.8) is 0 Å². The molecule has 0 radical (unpaired) electrons. The Labute approximate surface area is 83.1 Å². The van der Waals surface area contributed by atoms with Crippen molar-refractivity contribution in [2.24, 2.45) is 0 Å². The predicted octanol–water partition coefficient (Wildman–Crippen LogP) is 2.16. The maximum absolute atomic E-state index is 11.0. The van der Waals surface area contributed by atoms with Crippen molar-refractivity contribution in [1.29, 1.82) is 0 Å². The van der Waals surface area contributed by atoms with Crippen LogP contribution in [0.1, 0.15) is 24.1 Å². The summed E-state index contributed by atoms with van der Waals surface area (Å²) in [7, 11) is 0. The van der Waals surface area contributed by atoms with Crippen LogP contribution in [-0.4, -0.2) is 12.2 Å². The summed E-state index contributed by atoms with van der Waals surface area (Å²) in [5, 5.41) is 2.80. The van der Waals surface area contributed by atoms with Gasteiger partial charge in [-0.15, -0.1) is 0 Å². The number of benzene rings is 1. The van der Waals surface area contributed by atoms with Crippen LogP contribution in [0.4, 0.5) is 4.79 Å². The zero-order chi connectivity index (χ0) is 10.1. The molecule has 3 nitrogen and oxygen atoms in total. The van der Waals surface area contributed by atoms with Crippen LogP contribution in [0.3, 0.4) is 0 Å². The van der Waals surface area contributed by atoms with Crippen LogP contribution >= 0.6 is 0 Å². The van der Waals surface area contributed by atoms with E-state index in [1.54, 1.807) is 0 Å². The van der Waals surface area contributed by atoms with Gasteiger partial charge < -0.3 is 10.1 Å². The minimum absolute atomic E-state index is 0.0105. The number of hydrogen-bond donors (Lipinski definition) is 1. The van der Waals surface area contributed by atoms with E-state index in [4.69, 9.17) is 4.74 Å². The summed E-state index contributed by atoms with van der Waals surface area (Å²) >= 11 is 0. The number of amides is 1. The Hall–Kier alpha value is -1.51. The third-order valence-corrected chi connectivity index (χ3v) is 2.56. The summed E-state index contributed by atoms with van der Waals surface area (Å²) in [6, 6.07) is 8.00. The number of hydrogen-bond acceptors (Lipinski definition) is 2. The Morgan fingerprint density at radius 2 is 2.07 bits per heavy atom. The fourth-order valence-corrected chi connectivity index (χ4v) is 1.78. The molecule has 1 aliphatic heterocycles. The minimum Gasteiger partial charge on any atom is -0.444 e. The van der Waals surface area contributed by atoms with Crippen LogP contribution in [0.5, 0.6) is 0 Å². The molecule has 0 spiro atoms. The third-order valence-electron chi connectivity index (χ3n) is 2.56. The van der Waals surface area contributed by atoms with Crippen LogP contribution in [0.25, 0.3) is 0 Å². The summed E-state index contributed by atoms with van der Waals surface area (Å²) in [6.45, 7) is 3.93. The zero-order valence-electron chi connectivity index (χ0n) is 8.28. The maximum atomic E-state index is 11.0. The fraction of sp³-hybridized carbons (Fsp3) is 0.364. The van der Waals surface area contributed by atoms with E-state index in [1.807, 2.05) is 38.1 Å². The number of carbonyl (C=O) groups is 1. The minimum atomic E-state index is -0.328. The summed E-state index contributed by atoms with van der Waals surface area (Å²) < 4.78 is 5.03. The Balaban J connectivity index is 2.32. The van der Waals surface area contributed by atoms with Gasteiger partial charge in [-0.2, -0.15) is 0 Å². The molecule has 1 amide bonds. The maximum Gasteiger partial charge on any atom is 0.408 e. The Bertz CT molecular complexity index is 362. The number of cyclic esters (lactones) is 1. The molecule has 1 aromatic rings. The van der Waals surface area contributed by atoms with Crippen LogP contribution in [0, 0.1) is 6.92 Å². The smallest absolute Gasteiger partial charge is 0.408 e. The molecule has 0 saturated carbocycles. The van der Waals surface area contributed by atoms with Gasteiger partial charge >= 0.3 is 6.09 Å². The monoisotopic (exact) mass is 191 g/mol. The van der Waals surface area contributed by atoms with Crippen molar-refractivity contribution in [2.75, 3.05) is 0 Å². The highest BCUT2D eigenvalue weighted by atomic mass is 16.6. The van der Waals surface area contributed by atoms with Crippen molar-refractivity contribution in [3.05, 3.63) is 35.4 Å². The molecule has 14 heavy (non-hydrogen) atoms. The molecule has 74 valence electrons. The first-order chi connectivity index (χ1) is 6.68. The molecule has 0 aromatic heterocycles. The Kier molecular flexibility index (Phi) is 2.15. The number of nitrogens with one attached hydrogen (secondary N) is 1. The van der Waals surface area contributed by atoms with Gasteiger partial charge in [0.25, 0.3) is 0 Å². The number of rotatable bonds is 1. The van der Waals surface area contributed by atoms with E-state index in [1.165, 1.54) is 5.56 Å². The van der Waals surface area contributed by atoms with Gasteiger partial charge in [0, 0.05) is 0 Å². The van der Waals surface area contributed by atoms with Gasteiger partial charge in [0.05, 0.1) is 6.04 Å². The van der Waals surface area contributed by atoms with Crippen LogP contribution in [0.15, 0.2) is 24.3 Å². The molecule has 1 saturated heterocycles. The van der Waals surface area contributed by atoms with Crippen molar-refractivity contribution in [3.8, 4) is 0 Å². The summed E-state index contributed by atoms with van der Waals surface area (Å²) in [4.78, 5) is 11.0. The molecular formula is C11H13NO2. The highest BCUT2D eigenvalue weighted by molar-refractivity contribution is 5.70. The van der Waals surface area contributed by atoms with Gasteiger partial charge in [-0.3, -0.25) is 0 Å². The van der Waals surface area contributed by atoms with Crippen molar-refractivity contribution in [1.82, 2.24) is 5.32 Å². The van der Waals surface area contributed by atoms with Crippen LogP contribution in [0.2, 0.25) is 0 Å². The quantitative estimate of drug-likeness (QED) is 0.738. The first kappa shape index (κ1) is 9.06. The molecule has 1 aromatic carbocycles. The first-order valence-corrected chi connectivity index (χ1v) is 4.71. The molecule has 1 fully saturated rings. The number of alkyl carbamates (subject to hydrolysis) is 1. The number of carbonyl (C=O) groups excluding carboxylic acids is 1. The molecule has 0 aliphatic carbocycles. The van der Waals surface area contributed by atoms with Gasteiger partial charge in [-0.25, -0.2) is 4.79 Å². The predicted molar refractivity (Wildman–Crippen MR) is 53.0 cm³/mol. The molecule has 2 unspecified atom stereocenters.